The maximum absolute atomic E-state index is 13.9. The predicted molar refractivity (Wildman–Crippen MR) is 126 cm³/mol. The summed E-state index contributed by atoms with van der Waals surface area (Å²) in [6, 6.07) is 17.9. The molecule has 0 spiro atoms. The van der Waals surface area contributed by atoms with Crippen LogP contribution in [-0.2, 0) is 11.2 Å². The lowest BCUT2D eigenvalue weighted by atomic mass is 9.71. The van der Waals surface area contributed by atoms with Gasteiger partial charge < -0.3 is 9.80 Å². The predicted octanol–water partition coefficient (Wildman–Crippen LogP) is 4.44. The van der Waals surface area contributed by atoms with Gasteiger partial charge in [0, 0.05) is 39.6 Å². The van der Waals surface area contributed by atoms with Crippen LogP contribution in [0.2, 0.25) is 0 Å². The molecule has 1 fully saturated rings. The van der Waals surface area contributed by atoms with Gasteiger partial charge in [-0.15, -0.1) is 0 Å². The lowest BCUT2D eigenvalue weighted by molar-refractivity contribution is -0.142. The van der Waals surface area contributed by atoms with Crippen molar-refractivity contribution in [3.63, 3.8) is 0 Å². The normalized spacial score (nSPS) is 15.2. The number of amides is 2. The highest BCUT2D eigenvalue weighted by Gasteiger charge is 2.43. The van der Waals surface area contributed by atoms with Gasteiger partial charge in [0.05, 0.1) is 11.0 Å². The molecule has 5 nitrogen and oxygen atoms in total. The highest BCUT2D eigenvalue weighted by molar-refractivity contribution is 5.94. The van der Waals surface area contributed by atoms with E-state index in [1.807, 2.05) is 30.3 Å². The quantitative estimate of drug-likeness (QED) is 0.583. The molecule has 1 aromatic heterocycles. The number of carbonyl (C=O) groups excluding carboxylic acids is 2. The van der Waals surface area contributed by atoms with Crippen molar-refractivity contribution in [2.45, 2.75) is 19.3 Å². The molecular formula is C27H28FN3O2. The van der Waals surface area contributed by atoms with Crippen LogP contribution in [0.4, 0.5) is 4.39 Å². The molecule has 2 aromatic carbocycles. The molecule has 2 amide bonds. The summed E-state index contributed by atoms with van der Waals surface area (Å²) in [5.41, 5.74) is 2.66. The Morgan fingerprint density at radius 2 is 1.79 bits per heavy atom. The first-order valence-electron chi connectivity index (χ1n) is 11.1. The van der Waals surface area contributed by atoms with E-state index in [1.54, 1.807) is 54.5 Å². The van der Waals surface area contributed by atoms with Crippen molar-refractivity contribution in [3.8, 4) is 11.1 Å². The molecular weight excluding hydrogens is 417 g/mol. The minimum Gasteiger partial charge on any atom is -0.348 e. The molecule has 2 heterocycles. The molecule has 6 heteroatoms. The van der Waals surface area contributed by atoms with Gasteiger partial charge in [-0.1, -0.05) is 36.4 Å². The Morgan fingerprint density at radius 1 is 1.03 bits per heavy atom. The smallest absolute Gasteiger partial charge is 0.255 e. The number of hydrogen-bond acceptors (Lipinski definition) is 3. The van der Waals surface area contributed by atoms with Gasteiger partial charge in [0.25, 0.3) is 5.91 Å². The van der Waals surface area contributed by atoms with E-state index < -0.39 is 5.41 Å². The molecule has 1 aliphatic heterocycles. The first kappa shape index (κ1) is 22.6. The summed E-state index contributed by atoms with van der Waals surface area (Å²) in [7, 11) is 3.55. The van der Waals surface area contributed by atoms with Crippen LogP contribution in [0.5, 0.6) is 0 Å². The van der Waals surface area contributed by atoms with Crippen LogP contribution in [0.3, 0.4) is 0 Å². The largest absolute Gasteiger partial charge is 0.348 e. The number of piperidine rings is 1. The number of pyridine rings is 1. The minimum absolute atomic E-state index is 0.0602. The zero-order valence-electron chi connectivity index (χ0n) is 19.0. The highest BCUT2D eigenvalue weighted by Crippen LogP contribution is 2.39. The van der Waals surface area contributed by atoms with Crippen LogP contribution in [-0.4, -0.2) is 53.8 Å². The Hall–Kier alpha value is -3.54. The van der Waals surface area contributed by atoms with E-state index in [-0.39, 0.29) is 17.6 Å². The molecule has 170 valence electrons. The van der Waals surface area contributed by atoms with Gasteiger partial charge in [-0.2, -0.15) is 0 Å². The molecule has 1 saturated heterocycles. The summed E-state index contributed by atoms with van der Waals surface area (Å²) in [5, 5.41) is 0. The third kappa shape index (κ3) is 4.80. The van der Waals surface area contributed by atoms with E-state index in [9.17, 15) is 14.0 Å². The fourth-order valence-corrected chi connectivity index (χ4v) is 4.73. The monoisotopic (exact) mass is 445 g/mol. The van der Waals surface area contributed by atoms with Crippen molar-refractivity contribution >= 4 is 11.8 Å². The van der Waals surface area contributed by atoms with E-state index in [2.05, 4.69) is 4.98 Å². The van der Waals surface area contributed by atoms with E-state index in [4.69, 9.17) is 0 Å². The number of rotatable bonds is 5. The van der Waals surface area contributed by atoms with Gasteiger partial charge in [0.2, 0.25) is 5.91 Å². The second-order valence-corrected chi connectivity index (χ2v) is 8.86. The summed E-state index contributed by atoms with van der Waals surface area (Å²) in [5.74, 6) is -0.289. The second kappa shape index (κ2) is 9.53. The summed E-state index contributed by atoms with van der Waals surface area (Å²) in [4.78, 5) is 33.8. The van der Waals surface area contributed by atoms with Crippen LogP contribution >= 0.6 is 0 Å². The van der Waals surface area contributed by atoms with Crippen molar-refractivity contribution in [1.29, 1.82) is 0 Å². The number of nitrogens with zero attached hydrogens (tertiary/aromatic N) is 3. The fraction of sp³-hybridized carbons (Fsp3) is 0.296. The Labute approximate surface area is 193 Å². The third-order valence-electron chi connectivity index (χ3n) is 6.46. The van der Waals surface area contributed by atoms with Gasteiger partial charge >= 0.3 is 0 Å². The Morgan fingerprint density at radius 3 is 2.45 bits per heavy atom. The summed E-state index contributed by atoms with van der Waals surface area (Å²) in [6.07, 6.45) is 4.88. The average Bonchev–Trinajstić information content (AvgIpc) is 2.84. The lowest BCUT2D eigenvalue weighted by Crippen LogP contribution is -2.51. The average molecular weight is 446 g/mol. The van der Waals surface area contributed by atoms with Gasteiger partial charge in [0.15, 0.2) is 0 Å². The first-order chi connectivity index (χ1) is 15.9. The van der Waals surface area contributed by atoms with Crippen molar-refractivity contribution in [2.24, 2.45) is 5.41 Å². The van der Waals surface area contributed by atoms with E-state index in [1.165, 1.54) is 12.1 Å². The van der Waals surface area contributed by atoms with E-state index >= 15 is 0 Å². The number of halogens is 1. The maximum Gasteiger partial charge on any atom is 0.255 e. The van der Waals surface area contributed by atoms with Crippen LogP contribution in [0.1, 0.15) is 28.8 Å². The SMILES string of the molecule is CN(C)C(=O)C1(Cc2ccccc2-c2cccc(F)c2)CCN(C(=O)c2cccnc2)CC1. The molecule has 0 aliphatic carbocycles. The highest BCUT2D eigenvalue weighted by atomic mass is 19.1. The van der Waals surface area contributed by atoms with Gasteiger partial charge in [-0.25, -0.2) is 4.39 Å². The fourth-order valence-electron chi connectivity index (χ4n) is 4.73. The molecule has 0 radical (unpaired) electrons. The maximum atomic E-state index is 13.9. The first-order valence-corrected chi connectivity index (χ1v) is 11.1. The molecule has 4 rings (SSSR count). The summed E-state index contributed by atoms with van der Waals surface area (Å²) in [6.45, 7) is 0.991. The Kier molecular flexibility index (Phi) is 6.54. The Balaban J connectivity index is 1.61. The van der Waals surface area contributed by atoms with Gasteiger partial charge in [-0.05, 0) is 60.2 Å². The second-order valence-electron chi connectivity index (χ2n) is 8.86. The lowest BCUT2D eigenvalue weighted by Gasteiger charge is -2.42. The number of hydrogen-bond donors (Lipinski definition) is 0. The molecule has 0 N–H and O–H groups in total. The zero-order valence-corrected chi connectivity index (χ0v) is 19.0. The number of carbonyl (C=O) groups is 2. The molecule has 0 bridgehead atoms. The van der Waals surface area contributed by atoms with E-state index in [0.29, 0.717) is 37.9 Å². The number of likely N-dealkylation sites (tertiary alicyclic amines) is 1. The standard InChI is InChI=1S/C27H28FN3O2/c1-30(2)26(33)27(12-15-31(16-13-27)25(32)22-9-6-14-29-19-22)18-21-7-3-4-11-24(21)20-8-5-10-23(28)17-20/h3-11,14,17,19H,12-13,15-16,18H2,1-2H3. The van der Waals surface area contributed by atoms with Crippen molar-refractivity contribution in [2.75, 3.05) is 27.2 Å². The molecule has 33 heavy (non-hydrogen) atoms. The van der Waals surface area contributed by atoms with Crippen molar-refractivity contribution < 1.29 is 14.0 Å². The zero-order chi connectivity index (χ0) is 23.4. The number of benzene rings is 2. The van der Waals surface area contributed by atoms with Crippen molar-refractivity contribution in [3.05, 3.63) is 90.0 Å². The van der Waals surface area contributed by atoms with Crippen LogP contribution in [0.15, 0.2) is 73.1 Å². The molecule has 0 saturated carbocycles. The van der Waals surface area contributed by atoms with Crippen LogP contribution in [0, 0.1) is 11.2 Å². The van der Waals surface area contributed by atoms with Crippen LogP contribution < -0.4 is 0 Å². The minimum atomic E-state index is -0.626. The number of aromatic nitrogens is 1. The molecule has 0 atom stereocenters. The summed E-state index contributed by atoms with van der Waals surface area (Å²) >= 11 is 0. The molecule has 3 aromatic rings. The topological polar surface area (TPSA) is 53.5 Å². The molecule has 1 aliphatic rings. The third-order valence-corrected chi connectivity index (χ3v) is 6.46. The molecule has 0 unspecified atom stereocenters. The van der Waals surface area contributed by atoms with Crippen LogP contribution in [0.25, 0.3) is 11.1 Å². The van der Waals surface area contributed by atoms with E-state index in [0.717, 1.165) is 16.7 Å². The van der Waals surface area contributed by atoms with Crippen molar-refractivity contribution in [1.82, 2.24) is 14.8 Å². The summed E-state index contributed by atoms with van der Waals surface area (Å²) < 4.78 is 13.9. The Bertz CT molecular complexity index is 1140. The van der Waals surface area contributed by atoms with Gasteiger partial charge in [-0.3, -0.25) is 14.6 Å². The van der Waals surface area contributed by atoms with Gasteiger partial charge in [0.1, 0.15) is 5.82 Å².